The molecule has 0 saturated heterocycles. The van der Waals surface area contributed by atoms with E-state index in [9.17, 15) is 0 Å². The minimum Gasteiger partial charge on any atom is -0.128 e. The first-order valence-corrected chi connectivity index (χ1v) is 5.95. The average molecular weight is 213 g/mol. The molecule has 2 heterocycles. The number of benzene rings is 1. The van der Waals surface area contributed by atoms with Gasteiger partial charge in [0.05, 0.1) is 6.20 Å². The Balaban J connectivity index is 2.28. The Hall–Kier alpha value is -1.57. The van der Waals surface area contributed by atoms with Crippen LogP contribution in [0.2, 0.25) is 0 Å². The summed E-state index contributed by atoms with van der Waals surface area (Å²) in [5, 5.41) is 0. The zero-order valence-electron chi connectivity index (χ0n) is 9.80. The molecule has 0 aliphatic carbocycles. The fourth-order valence-corrected chi connectivity index (χ4v) is 2.78. The van der Waals surface area contributed by atoms with Crippen molar-refractivity contribution in [1.29, 1.82) is 0 Å². The molecule has 2 aromatic rings. The highest BCUT2D eigenvalue weighted by molar-refractivity contribution is 5.42. The second-order valence-corrected chi connectivity index (χ2v) is 4.76. The summed E-state index contributed by atoms with van der Waals surface area (Å²) in [7, 11) is 0. The first-order valence-electron chi connectivity index (χ1n) is 5.95. The fourth-order valence-electron chi connectivity index (χ4n) is 2.78. The molecule has 1 aromatic heterocycles. The van der Waals surface area contributed by atoms with E-state index in [4.69, 9.17) is 0 Å². The molecule has 0 spiro atoms. The second-order valence-electron chi connectivity index (χ2n) is 4.76. The molecule has 0 bridgehead atoms. The lowest BCUT2D eigenvalue weighted by Gasteiger charge is -2.10. The van der Waals surface area contributed by atoms with Crippen molar-refractivity contribution in [2.45, 2.75) is 32.2 Å². The number of hydrogen-bond donors (Lipinski definition) is 0. The molecule has 1 aliphatic heterocycles. The lowest BCUT2D eigenvalue weighted by atomic mass is 9.94. The molecule has 3 rings (SSSR count). The van der Waals surface area contributed by atoms with Crippen LogP contribution in [-0.2, 0) is 0 Å². The van der Waals surface area contributed by atoms with E-state index in [2.05, 4.69) is 65.9 Å². The molecule has 2 unspecified atom stereocenters. The van der Waals surface area contributed by atoms with Crippen LogP contribution in [0.5, 0.6) is 0 Å². The summed E-state index contributed by atoms with van der Waals surface area (Å²) in [4.78, 5) is 0. The van der Waals surface area contributed by atoms with Crippen molar-refractivity contribution in [3.63, 3.8) is 0 Å². The summed E-state index contributed by atoms with van der Waals surface area (Å²) < 4.78 is 4.59. The fraction of sp³-hybridized carbons (Fsp3) is 0.357. The standard InChI is InChI=1S/C14H17N2/c1-11-10-12(2)15-8-5-9-16(15)14-7-4-3-6-13(11)14/h3-9,11-12H,10H2,1-2H3/q+1. The second kappa shape index (κ2) is 3.48. The molecule has 0 fully saturated rings. The van der Waals surface area contributed by atoms with E-state index < -0.39 is 0 Å². The van der Waals surface area contributed by atoms with Crippen molar-refractivity contribution in [3.8, 4) is 5.69 Å². The first kappa shape index (κ1) is 9.64. The SMILES string of the molecule is CC1CC(C)[n+]2cccn2-c2ccccc21. The highest BCUT2D eigenvalue weighted by Gasteiger charge is 2.28. The molecule has 1 aliphatic rings. The van der Waals surface area contributed by atoms with Crippen LogP contribution in [0.4, 0.5) is 0 Å². The van der Waals surface area contributed by atoms with Gasteiger partial charge in [-0.25, -0.2) is 0 Å². The van der Waals surface area contributed by atoms with Gasteiger partial charge in [0.15, 0.2) is 12.2 Å². The minimum absolute atomic E-state index is 0.553. The maximum absolute atomic E-state index is 2.32. The summed E-state index contributed by atoms with van der Waals surface area (Å²) in [6, 6.07) is 11.4. The number of rotatable bonds is 0. The molecule has 2 atom stereocenters. The smallest absolute Gasteiger partial charge is 0.128 e. The van der Waals surface area contributed by atoms with E-state index in [-0.39, 0.29) is 0 Å². The van der Waals surface area contributed by atoms with Gasteiger partial charge in [-0.3, -0.25) is 0 Å². The van der Waals surface area contributed by atoms with Gasteiger partial charge in [0.1, 0.15) is 5.69 Å². The van der Waals surface area contributed by atoms with Crippen LogP contribution in [0.1, 0.15) is 37.8 Å². The summed E-state index contributed by atoms with van der Waals surface area (Å²) in [6.45, 7) is 4.61. The predicted octanol–water partition coefficient (Wildman–Crippen LogP) is 2.83. The third-order valence-corrected chi connectivity index (χ3v) is 3.58. The van der Waals surface area contributed by atoms with E-state index in [1.54, 1.807) is 0 Å². The molecule has 82 valence electrons. The number of aromatic nitrogens is 2. The number of fused-ring (bicyclic) bond motifs is 3. The Morgan fingerprint density at radius 3 is 2.88 bits per heavy atom. The van der Waals surface area contributed by atoms with E-state index in [0.29, 0.717) is 12.0 Å². The third kappa shape index (κ3) is 1.29. The van der Waals surface area contributed by atoms with Crippen LogP contribution in [0.25, 0.3) is 5.69 Å². The van der Waals surface area contributed by atoms with Crippen LogP contribution >= 0.6 is 0 Å². The van der Waals surface area contributed by atoms with Gasteiger partial charge in [-0.15, -0.1) is 9.36 Å². The van der Waals surface area contributed by atoms with Crippen LogP contribution < -0.4 is 4.68 Å². The quantitative estimate of drug-likeness (QED) is 0.595. The summed E-state index contributed by atoms with van der Waals surface area (Å²) in [5.41, 5.74) is 2.78. The molecular weight excluding hydrogens is 196 g/mol. The topological polar surface area (TPSA) is 8.81 Å². The maximum Gasteiger partial charge on any atom is 0.196 e. The Labute approximate surface area is 96.1 Å². The largest absolute Gasteiger partial charge is 0.196 e. The van der Waals surface area contributed by atoms with Gasteiger partial charge in [0.25, 0.3) is 0 Å². The summed E-state index contributed by atoms with van der Waals surface area (Å²) >= 11 is 0. The van der Waals surface area contributed by atoms with Crippen LogP contribution in [0.15, 0.2) is 42.7 Å². The van der Waals surface area contributed by atoms with Gasteiger partial charge >= 0.3 is 0 Å². The zero-order valence-corrected chi connectivity index (χ0v) is 9.80. The molecule has 1 aromatic carbocycles. The van der Waals surface area contributed by atoms with Crippen LogP contribution in [0, 0.1) is 0 Å². The van der Waals surface area contributed by atoms with Crippen molar-refractivity contribution >= 4 is 0 Å². The van der Waals surface area contributed by atoms with Crippen molar-refractivity contribution in [3.05, 3.63) is 48.3 Å². The van der Waals surface area contributed by atoms with Crippen LogP contribution in [0.3, 0.4) is 0 Å². The Kier molecular flexibility index (Phi) is 2.10. The highest BCUT2D eigenvalue weighted by Crippen LogP contribution is 2.30. The molecule has 0 saturated carbocycles. The Morgan fingerprint density at radius 2 is 2.00 bits per heavy atom. The first-order chi connectivity index (χ1) is 7.77. The Bertz CT molecular complexity index is 513. The van der Waals surface area contributed by atoms with Gasteiger partial charge in [-0.1, -0.05) is 25.1 Å². The molecule has 0 N–H and O–H groups in total. The monoisotopic (exact) mass is 213 g/mol. The van der Waals surface area contributed by atoms with Crippen molar-refractivity contribution < 1.29 is 4.68 Å². The number of para-hydroxylation sites is 1. The Morgan fingerprint density at radius 1 is 1.19 bits per heavy atom. The van der Waals surface area contributed by atoms with Gasteiger partial charge in [-0.05, 0) is 17.5 Å². The summed E-state index contributed by atoms with van der Waals surface area (Å²) in [5.74, 6) is 0.624. The molecule has 2 heteroatoms. The van der Waals surface area contributed by atoms with Gasteiger partial charge in [0.2, 0.25) is 0 Å². The average Bonchev–Trinajstić information content (AvgIpc) is 2.74. The summed E-state index contributed by atoms with van der Waals surface area (Å²) in [6.07, 6.45) is 5.51. The van der Waals surface area contributed by atoms with Gasteiger partial charge < -0.3 is 0 Å². The molecule has 0 radical (unpaired) electrons. The van der Waals surface area contributed by atoms with Crippen LogP contribution in [-0.4, -0.2) is 4.68 Å². The molecule has 0 amide bonds. The van der Waals surface area contributed by atoms with Crippen molar-refractivity contribution in [1.82, 2.24) is 4.68 Å². The maximum atomic E-state index is 2.32. The number of nitrogens with zero attached hydrogens (tertiary/aromatic N) is 2. The van der Waals surface area contributed by atoms with Gasteiger partial charge in [-0.2, -0.15) is 0 Å². The zero-order chi connectivity index (χ0) is 11.1. The molecule has 2 nitrogen and oxygen atoms in total. The third-order valence-electron chi connectivity index (χ3n) is 3.58. The lowest BCUT2D eigenvalue weighted by molar-refractivity contribution is -0.786. The predicted molar refractivity (Wildman–Crippen MR) is 63.7 cm³/mol. The van der Waals surface area contributed by atoms with E-state index >= 15 is 0 Å². The molecule has 16 heavy (non-hydrogen) atoms. The highest BCUT2D eigenvalue weighted by atomic mass is 15.4. The van der Waals surface area contributed by atoms with E-state index in [1.165, 1.54) is 17.7 Å². The lowest BCUT2D eigenvalue weighted by Crippen LogP contribution is -2.44. The van der Waals surface area contributed by atoms with E-state index in [1.807, 2.05) is 0 Å². The van der Waals surface area contributed by atoms with Crippen molar-refractivity contribution in [2.75, 3.05) is 0 Å². The minimum atomic E-state index is 0.553. The van der Waals surface area contributed by atoms with Crippen molar-refractivity contribution in [2.24, 2.45) is 0 Å². The van der Waals surface area contributed by atoms with E-state index in [0.717, 1.165) is 0 Å². The number of hydrogen-bond acceptors (Lipinski definition) is 0. The normalized spacial score (nSPS) is 23.4. The van der Waals surface area contributed by atoms with Gasteiger partial charge in [0, 0.05) is 19.4 Å². The molecular formula is C14H17N2+.